The normalized spacial score (nSPS) is 19.8. The maximum absolute atomic E-state index is 14.6. The van der Waals surface area contributed by atoms with Gasteiger partial charge in [-0.15, -0.1) is 0 Å². The first kappa shape index (κ1) is 18.7. The highest BCUT2D eigenvalue weighted by Crippen LogP contribution is 2.53. The summed E-state index contributed by atoms with van der Waals surface area (Å²) in [5.74, 6) is -0.725. The summed E-state index contributed by atoms with van der Waals surface area (Å²) in [6.07, 6.45) is 4.53. The molecule has 1 saturated heterocycles. The molecule has 1 aliphatic heterocycles. The minimum Gasteiger partial charge on any atom is -0.321 e. The first-order valence-electron chi connectivity index (χ1n) is 9.71. The maximum atomic E-state index is 14.6. The number of alkyl halides is 1. The molecular weight excluding hydrogens is 484 g/mol. The fourth-order valence-corrected chi connectivity index (χ4v) is 6.20. The number of rotatable bonds is 3. The molecule has 2 heterocycles. The van der Waals surface area contributed by atoms with Crippen molar-refractivity contribution in [2.24, 2.45) is 0 Å². The highest BCUT2D eigenvalue weighted by molar-refractivity contribution is 14.1. The number of hydrogen-bond acceptors (Lipinski definition) is 3. The molecule has 2 aromatic carbocycles. The number of likely N-dealkylation sites (tertiary alicyclic amines) is 1. The summed E-state index contributed by atoms with van der Waals surface area (Å²) < 4.78 is 14.7. The van der Waals surface area contributed by atoms with E-state index in [0.29, 0.717) is 17.5 Å². The highest BCUT2D eigenvalue weighted by Gasteiger charge is 2.56. The van der Waals surface area contributed by atoms with Crippen LogP contribution in [0.5, 0.6) is 0 Å². The Morgan fingerprint density at radius 1 is 1.24 bits per heavy atom. The lowest BCUT2D eigenvalue weighted by Crippen LogP contribution is -2.69. The van der Waals surface area contributed by atoms with E-state index < -0.39 is 5.82 Å². The van der Waals surface area contributed by atoms with Crippen LogP contribution in [-0.2, 0) is 6.42 Å². The number of fused-ring (bicyclic) bond motifs is 1. The number of aromatic amines is 1. The fraction of sp³-hybridized carbons (Fsp3) is 0.318. The number of nitrogens with one attached hydrogen (secondary N) is 1. The third-order valence-corrected chi connectivity index (χ3v) is 7.25. The standard InChI is InChI=1S/C22H19FIN3O2/c23-17-7-6-13(11-18-14-4-1-2-5-15(14)20(28)26-25-18)10-16(17)21(29)27-19(24)12-22(27)8-3-9-22/h1-2,4-7,10,19H,3,8-9,11-12H2,(H,26,28). The minimum atomic E-state index is -0.497. The Bertz CT molecular complexity index is 1190. The average Bonchev–Trinajstić information content (AvgIpc) is 2.68. The van der Waals surface area contributed by atoms with Crippen LogP contribution in [0.1, 0.15) is 47.3 Å². The molecular formula is C22H19FIN3O2. The monoisotopic (exact) mass is 503 g/mol. The van der Waals surface area contributed by atoms with E-state index in [1.165, 1.54) is 6.07 Å². The van der Waals surface area contributed by atoms with E-state index in [1.54, 1.807) is 24.3 Å². The Labute approximate surface area is 180 Å². The van der Waals surface area contributed by atoms with Crippen LogP contribution in [-0.4, -0.2) is 30.6 Å². The molecule has 1 aliphatic carbocycles. The van der Waals surface area contributed by atoms with Crippen LogP contribution >= 0.6 is 22.6 Å². The van der Waals surface area contributed by atoms with E-state index >= 15 is 0 Å². The van der Waals surface area contributed by atoms with Gasteiger partial charge in [0.15, 0.2) is 0 Å². The van der Waals surface area contributed by atoms with Crippen molar-refractivity contribution in [1.29, 1.82) is 0 Å². The highest BCUT2D eigenvalue weighted by atomic mass is 127. The van der Waals surface area contributed by atoms with E-state index in [-0.39, 0.29) is 26.6 Å². The minimum absolute atomic E-state index is 0.0535. The van der Waals surface area contributed by atoms with Gasteiger partial charge in [-0.05, 0) is 43.0 Å². The SMILES string of the molecule is O=C(c1cc(Cc2n[nH]c(=O)c3ccccc23)ccc1F)N1C(I)CC12CCC2. The topological polar surface area (TPSA) is 66.1 Å². The molecule has 29 heavy (non-hydrogen) atoms. The number of carbonyl (C=O) groups is 1. The number of aromatic nitrogens is 2. The van der Waals surface area contributed by atoms with Crippen LogP contribution < -0.4 is 5.56 Å². The first-order valence-corrected chi connectivity index (χ1v) is 11.0. The van der Waals surface area contributed by atoms with Gasteiger partial charge in [0.2, 0.25) is 0 Å². The Morgan fingerprint density at radius 3 is 2.69 bits per heavy atom. The zero-order valence-electron chi connectivity index (χ0n) is 15.6. The van der Waals surface area contributed by atoms with E-state index in [1.807, 2.05) is 17.0 Å². The molecule has 3 aromatic rings. The number of H-pyrrole nitrogens is 1. The summed E-state index contributed by atoms with van der Waals surface area (Å²) in [4.78, 5) is 27.0. The van der Waals surface area contributed by atoms with Crippen LogP contribution in [0.4, 0.5) is 4.39 Å². The van der Waals surface area contributed by atoms with Gasteiger partial charge < -0.3 is 4.90 Å². The van der Waals surface area contributed by atoms with Gasteiger partial charge in [-0.3, -0.25) is 9.59 Å². The fourth-order valence-electron chi connectivity index (χ4n) is 4.54. The maximum Gasteiger partial charge on any atom is 0.272 e. The molecule has 1 saturated carbocycles. The predicted molar refractivity (Wildman–Crippen MR) is 117 cm³/mol. The Balaban J connectivity index is 1.49. The number of amides is 1. The van der Waals surface area contributed by atoms with Gasteiger partial charge in [0, 0.05) is 23.8 Å². The van der Waals surface area contributed by atoms with Crippen molar-refractivity contribution >= 4 is 39.3 Å². The van der Waals surface area contributed by atoms with Crippen molar-refractivity contribution in [3.05, 3.63) is 75.5 Å². The van der Waals surface area contributed by atoms with Crippen molar-refractivity contribution in [1.82, 2.24) is 15.1 Å². The second kappa shape index (κ2) is 6.90. The van der Waals surface area contributed by atoms with E-state index in [4.69, 9.17) is 0 Å². The lowest BCUT2D eigenvalue weighted by Gasteiger charge is -2.61. The van der Waals surface area contributed by atoms with Gasteiger partial charge >= 0.3 is 0 Å². The number of halogens is 2. The van der Waals surface area contributed by atoms with Gasteiger partial charge in [0.05, 0.1) is 20.7 Å². The van der Waals surface area contributed by atoms with Crippen LogP contribution in [0, 0.1) is 5.82 Å². The predicted octanol–water partition coefficient (Wildman–Crippen LogP) is 4.18. The molecule has 1 amide bonds. The van der Waals surface area contributed by atoms with Crippen molar-refractivity contribution in [2.75, 3.05) is 0 Å². The van der Waals surface area contributed by atoms with Gasteiger partial charge in [0.1, 0.15) is 5.82 Å². The molecule has 2 aliphatic rings. The third kappa shape index (κ3) is 2.97. The molecule has 1 spiro atoms. The van der Waals surface area contributed by atoms with Gasteiger partial charge in [0.25, 0.3) is 11.5 Å². The van der Waals surface area contributed by atoms with Crippen molar-refractivity contribution in [2.45, 2.75) is 41.7 Å². The van der Waals surface area contributed by atoms with Crippen molar-refractivity contribution in [3.63, 3.8) is 0 Å². The molecule has 2 fully saturated rings. The van der Waals surface area contributed by atoms with Crippen LogP contribution in [0.3, 0.4) is 0 Å². The van der Waals surface area contributed by atoms with E-state index in [2.05, 4.69) is 32.8 Å². The van der Waals surface area contributed by atoms with E-state index in [0.717, 1.165) is 36.6 Å². The third-order valence-electron chi connectivity index (χ3n) is 6.25. The number of benzene rings is 2. The summed E-state index contributed by atoms with van der Waals surface area (Å²) in [6, 6.07) is 11.9. The lowest BCUT2D eigenvalue weighted by atomic mass is 9.67. The molecule has 148 valence electrons. The molecule has 7 heteroatoms. The zero-order chi connectivity index (χ0) is 20.2. The molecule has 1 unspecified atom stereocenters. The largest absolute Gasteiger partial charge is 0.321 e. The summed E-state index contributed by atoms with van der Waals surface area (Å²) in [7, 11) is 0. The quantitative estimate of drug-likeness (QED) is 0.332. The zero-order valence-corrected chi connectivity index (χ0v) is 17.8. The van der Waals surface area contributed by atoms with Crippen LogP contribution in [0.25, 0.3) is 10.8 Å². The van der Waals surface area contributed by atoms with Crippen LogP contribution in [0.15, 0.2) is 47.3 Å². The summed E-state index contributed by atoms with van der Waals surface area (Å²) in [5.41, 5.74) is 1.30. The Kier molecular flexibility index (Phi) is 4.45. The molecule has 0 bridgehead atoms. The summed E-state index contributed by atoms with van der Waals surface area (Å²) in [6.45, 7) is 0. The van der Waals surface area contributed by atoms with Gasteiger partial charge in [-0.2, -0.15) is 5.10 Å². The van der Waals surface area contributed by atoms with Crippen molar-refractivity contribution in [3.8, 4) is 0 Å². The van der Waals surface area contributed by atoms with E-state index in [9.17, 15) is 14.0 Å². The van der Waals surface area contributed by atoms with Gasteiger partial charge in [-0.1, -0.05) is 46.9 Å². The lowest BCUT2D eigenvalue weighted by molar-refractivity contribution is -0.0562. The second-order valence-corrected chi connectivity index (χ2v) is 9.37. The summed E-state index contributed by atoms with van der Waals surface area (Å²) >= 11 is 2.27. The summed E-state index contributed by atoms with van der Waals surface area (Å²) in [5, 5.41) is 8.04. The molecule has 0 radical (unpaired) electrons. The molecule has 5 rings (SSSR count). The molecule has 1 atom stereocenters. The smallest absolute Gasteiger partial charge is 0.272 e. The Hall–Kier alpha value is -2.29. The van der Waals surface area contributed by atoms with Crippen molar-refractivity contribution < 1.29 is 9.18 Å². The van der Waals surface area contributed by atoms with Crippen LogP contribution in [0.2, 0.25) is 0 Å². The Morgan fingerprint density at radius 2 is 2.00 bits per heavy atom. The first-order chi connectivity index (χ1) is 14.0. The second-order valence-electron chi connectivity index (χ2n) is 7.93. The molecule has 1 aromatic heterocycles. The molecule has 1 N–H and O–H groups in total. The number of nitrogens with zero attached hydrogens (tertiary/aromatic N) is 2. The van der Waals surface area contributed by atoms with Gasteiger partial charge in [-0.25, -0.2) is 9.49 Å². The number of hydrogen-bond donors (Lipinski definition) is 1. The number of carbonyl (C=O) groups excluding carboxylic acids is 1. The molecule has 5 nitrogen and oxygen atoms in total. The average molecular weight is 503 g/mol.